The van der Waals surface area contributed by atoms with Gasteiger partial charge in [-0.1, -0.05) is 18.2 Å². The predicted octanol–water partition coefficient (Wildman–Crippen LogP) is 2.57. The third kappa shape index (κ3) is 1.19. The average Bonchev–Trinajstić information content (AvgIpc) is 2.51. The molecule has 0 aromatic carbocycles. The quantitative estimate of drug-likeness (QED) is 0.614. The molecule has 2 aliphatic carbocycles. The van der Waals surface area contributed by atoms with E-state index in [1.165, 1.54) is 24.8 Å². The molecule has 1 aliphatic heterocycles. The number of hydrogen-bond donors (Lipinski definition) is 1. The Labute approximate surface area is 85.6 Å². The Bertz CT molecular complexity index is 346. The average molecular weight is 187 g/mol. The minimum Gasteiger partial charge on any atom is -0.310 e. The summed E-state index contributed by atoms with van der Waals surface area (Å²) in [5, 5.41) is 3.59. The van der Waals surface area contributed by atoms with Crippen molar-refractivity contribution in [3.05, 3.63) is 34.9 Å². The summed E-state index contributed by atoms with van der Waals surface area (Å²) in [5.41, 5.74) is 4.73. The second-order valence-electron chi connectivity index (χ2n) is 4.72. The molecule has 0 aromatic rings. The van der Waals surface area contributed by atoms with Crippen LogP contribution in [-0.2, 0) is 0 Å². The number of nitrogens with one attached hydrogen (secondary N) is 1. The van der Waals surface area contributed by atoms with Gasteiger partial charge in [0.25, 0.3) is 0 Å². The summed E-state index contributed by atoms with van der Waals surface area (Å²) in [5.74, 6) is 0.824. The van der Waals surface area contributed by atoms with Crippen LogP contribution in [0.1, 0.15) is 26.2 Å². The molecular weight excluding hydrogens is 170 g/mol. The van der Waals surface area contributed by atoms with Gasteiger partial charge in [-0.3, -0.25) is 0 Å². The molecule has 14 heavy (non-hydrogen) atoms. The second kappa shape index (κ2) is 3.09. The molecule has 74 valence electrons. The third-order valence-electron chi connectivity index (χ3n) is 3.69. The summed E-state index contributed by atoms with van der Waals surface area (Å²) in [6, 6.07) is 0.679. The predicted molar refractivity (Wildman–Crippen MR) is 59.1 cm³/mol. The molecule has 0 spiro atoms. The van der Waals surface area contributed by atoms with Crippen molar-refractivity contribution in [1.82, 2.24) is 5.32 Å². The van der Waals surface area contributed by atoms with Crippen LogP contribution in [0.3, 0.4) is 0 Å². The lowest BCUT2D eigenvalue weighted by Crippen LogP contribution is -2.27. The van der Waals surface area contributed by atoms with Crippen molar-refractivity contribution in [2.24, 2.45) is 5.92 Å². The molecule has 1 heterocycles. The zero-order chi connectivity index (χ0) is 9.54. The van der Waals surface area contributed by atoms with Crippen LogP contribution in [0.25, 0.3) is 0 Å². The van der Waals surface area contributed by atoms with E-state index in [0.717, 1.165) is 12.5 Å². The highest BCUT2D eigenvalue weighted by Crippen LogP contribution is 2.40. The van der Waals surface area contributed by atoms with Crippen molar-refractivity contribution >= 4 is 0 Å². The van der Waals surface area contributed by atoms with E-state index < -0.39 is 0 Å². The smallest absolute Gasteiger partial charge is 0.0211 e. The van der Waals surface area contributed by atoms with Gasteiger partial charge in [0, 0.05) is 12.6 Å². The van der Waals surface area contributed by atoms with Gasteiger partial charge in [-0.15, -0.1) is 0 Å². The first kappa shape index (κ1) is 8.49. The fourth-order valence-electron chi connectivity index (χ4n) is 3.00. The lowest BCUT2D eigenvalue weighted by molar-refractivity contribution is 0.443. The summed E-state index contributed by atoms with van der Waals surface area (Å²) in [6.07, 6.45) is 11.0. The monoisotopic (exact) mass is 187 g/mol. The van der Waals surface area contributed by atoms with E-state index in [1.54, 1.807) is 11.1 Å². The summed E-state index contributed by atoms with van der Waals surface area (Å²) in [7, 11) is 0. The fraction of sp³-hybridized carbons (Fsp3) is 0.538. The highest BCUT2D eigenvalue weighted by Gasteiger charge is 2.29. The fourth-order valence-corrected chi connectivity index (χ4v) is 3.00. The van der Waals surface area contributed by atoms with Crippen LogP contribution in [0.2, 0.25) is 0 Å². The van der Waals surface area contributed by atoms with E-state index in [-0.39, 0.29) is 0 Å². The molecule has 0 amide bonds. The molecule has 0 bridgehead atoms. The van der Waals surface area contributed by atoms with Crippen LogP contribution in [0, 0.1) is 5.92 Å². The van der Waals surface area contributed by atoms with E-state index in [4.69, 9.17) is 0 Å². The molecule has 1 heteroatoms. The van der Waals surface area contributed by atoms with Crippen LogP contribution in [0.4, 0.5) is 0 Å². The minimum absolute atomic E-state index is 0.679. The maximum absolute atomic E-state index is 3.59. The summed E-state index contributed by atoms with van der Waals surface area (Å²) in [6.45, 7) is 3.38. The van der Waals surface area contributed by atoms with Crippen LogP contribution < -0.4 is 5.32 Å². The van der Waals surface area contributed by atoms with E-state index in [2.05, 4.69) is 30.5 Å². The Morgan fingerprint density at radius 1 is 1.36 bits per heavy atom. The van der Waals surface area contributed by atoms with Gasteiger partial charge in [-0.2, -0.15) is 0 Å². The molecule has 0 fully saturated rings. The molecule has 2 atom stereocenters. The number of allylic oxidation sites excluding steroid dienone is 4. The molecule has 3 rings (SSSR count). The minimum atomic E-state index is 0.679. The molecule has 0 saturated heterocycles. The number of hydrogen-bond acceptors (Lipinski definition) is 1. The lowest BCUT2D eigenvalue weighted by atomic mass is 9.81. The SMILES string of the molecule is C[C@H]1C[C@@H]2CCC=C3C=CC(=C32)CN1. The van der Waals surface area contributed by atoms with Crippen molar-refractivity contribution < 1.29 is 0 Å². The Kier molecular flexibility index (Phi) is 1.88. The second-order valence-corrected chi connectivity index (χ2v) is 4.72. The van der Waals surface area contributed by atoms with Gasteiger partial charge in [0.1, 0.15) is 0 Å². The summed E-state index contributed by atoms with van der Waals surface area (Å²) in [4.78, 5) is 0. The van der Waals surface area contributed by atoms with Crippen molar-refractivity contribution in [1.29, 1.82) is 0 Å². The highest BCUT2D eigenvalue weighted by atomic mass is 14.9. The highest BCUT2D eigenvalue weighted by molar-refractivity contribution is 5.56. The largest absolute Gasteiger partial charge is 0.310 e. The van der Waals surface area contributed by atoms with Gasteiger partial charge in [0.2, 0.25) is 0 Å². The van der Waals surface area contributed by atoms with Gasteiger partial charge in [0.15, 0.2) is 0 Å². The maximum Gasteiger partial charge on any atom is 0.0211 e. The molecule has 3 aliphatic rings. The van der Waals surface area contributed by atoms with E-state index in [9.17, 15) is 0 Å². The number of rotatable bonds is 0. The Balaban J connectivity index is 2.03. The zero-order valence-corrected chi connectivity index (χ0v) is 8.72. The van der Waals surface area contributed by atoms with E-state index in [1.807, 2.05) is 0 Å². The van der Waals surface area contributed by atoms with Gasteiger partial charge in [0.05, 0.1) is 0 Å². The van der Waals surface area contributed by atoms with Crippen molar-refractivity contribution in [3.8, 4) is 0 Å². The van der Waals surface area contributed by atoms with E-state index >= 15 is 0 Å². The molecule has 1 N–H and O–H groups in total. The van der Waals surface area contributed by atoms with Gasteiger partial charge >= 0.3 is 0 Å². The summed E-state index contributed by atoms with van der Waals surface area (Å²) < 4.78 is 0. The van der Waals surface area contributed by atoms with Gasteiger partial charge in [-0.05, 0) is 48.8 Å². The zero-order valence-electron chi connectivity index (χ0n) is 8.72. The maximum atomic E-state index is 3.59. The van der Waals surface area contributed by atoms with E-state index in [0.29, 0.717) is 6.04 Å². The topological polar surface area (TPSA) is 12.0 Å². The van der Waals surface area contributed by atoms with Crippen LogP contribution in [0.5, 0.6) is 0 Å². The third-order valence-corrected chi connectivity index (χ3v) is 3.69. The Morgan fingerprint density at radius 3 is 3.21 bits per heavy atom. The molecule has 0 saturated carbocycles. The van der Waals surface area contributed by atoms with Gasteiger partial charge < -0.3 is 5.32 Å². The first-order chi connectivity index (χ1) is 6.84. The standard InChI is InChI=1S/C13H17N/c1-9-7-11-4-2-3-10-5-6-12(8-14-9)13(10)11/h3,5-6,9,11,14H,2,4,7-8H2,1H3/t9-,11-/m0/s1. The summed E-state index contributed by atoms with van der Waals surface area (Å²) >= 11 is 0. The van der Waals surface area contributed by atoms with Crippen LogP contribution >= 0.6 is 0 Å². The Hall–Kier alpha value is -0.820. The van der Waals surface area contributed by atoms with Gasteiger partial charge in [-0.25, -0.2) is 0 Å². The first-order valence-corrected chi connectivity index (χ1v) is 5.69. The lowest BCUT2D eigenvalue weighted by Gasteiger charge is -2.24. The normalized spacial score (nSPS) is 35.4. The van der Waals surface area contributed by atoms with Crippen LogP contribution in [-0.4, -0.2) is 12.6 Å². The van der Waals surface area contributed by atoms with Crippen molar-refractivity contribution in [2.45, 2.75) is 32.2 Å². The molecule has 0 aromatic heterocycles. The van der Waals surface area contributed by atoms with Crippen molar-refractivity contribution in [2.75, 3.05) is 6.54 Å². The molecule has 1 nitrogen and oxygen atoms in total. The molecular formula is C13H17N. The Morgan fingerprint density at radius 2 is 2.29 bits per heavy atom. The van der Waals surface area contributed by atoms with Crippen molar-refractivity contribution in [3.63, 3.8) is 0 Å². The first-order valence-electron chi connectivity index (χ1n) is 5.69. The van der Waals surface area contributed by atoms with Crippen LogP contribution in [0.15, 0.2) is 34.9 Å². The molecule has 0 radical (unpaired) electrons. The molecule has 0 unspecified atom stereocenters.